The zero-order valence-corrected chi connectivity index (χ0v) is 18.9. The van der Waals surface area contributed by atoms with E-state index in [1.807, 2.05) is 35.6 Å². The normalized spacial score (nSPS) is 22.2. The van der Waals surface area contributed by atoms with E-state index in [2.05, 4.69) is 0 Å². The zero-order chi connectivity index (χ0) is 24.7. The van der Waals surface area contributed by atoms with Crippen LogP contribution in [0.3, 0.4) is 0 Å². The highest BCUT2D eigenvalue weighted by Gasteiger charge is 2.71. The van der Waals surface area contributed by atoms with E-state index in [-0.39, 0.29) is 30.8 Å². The van der Waals surface area contributed by atoms with Crippen LogP contribution in [0.25, 0.3) is 0 Å². The third kappa shape index (κ3) is 4.03. The number of nitrogens with one attached hydrogen (secondary N) is 1. The summed E-state index contributed by atoms with van der Waals surface area (Å²) in [7, 11) is 0. The second-order valence-electron chi connectivity index (χ2n) is 9.49. The summed E-state index contributed by atoms with van der Waals surface area (Å²) in [5.74, 6) is -3.75. The lowest BCUT2D eigenvalue weighted by molar-refractivity contribution is -0.190. The van der Waals surface area contributed by atoms with Crippen LogP contribution in [0.15, 0.2) is 64.4 Å². The van der Waals surface area contributed by atoms with E-state index < -0.39 is 40.3 Å². The molecule has 2 heterocycles. The molecule has 1 aromatic heterocycles. The van der Waals surface area contributed by atoms with Crippen LogP contribution in [0.2, 0.25) is 0 Å². The maximum absolute atomic E-state index is 14.7. The fourth-order valence-electron chi connectivity index (χ4n) is 4.79. The highest BCUT2D eigenvalue weighted by Crippen LogP contribution is 2.51. The average molecular weight is 474 g/mol. The Morgan fingerprint density at radius 3 is 2.41 bits per heavy atom. The number of aryl methyl sites for hydroxylation is 1. The van der Waals surface area contributed by atoms with Crippen molar-refractivity contribution in [2.75, 3.05) is 6.54 Å². The summed E-state index contributed by atoms with van der Waals surface area (Å²) in [4.78, 5) is 40.3. The lowest BCUT2D eigenvalue weighted by Crippen LogP contribution is -2.66. The van der Waals surface area contributed by atoms with Gasteiger partial charge in [0.05, 0.1) is 11.8 Å². The van der Waals surface area contributed by atoms with Gasteiger partial charge in [-0.25, -0.2) is 0 Å². The minimum Gasteiger partial charge on any atom is -0.459 e. The Labute approximate surface area is 194 Å². The quantitative estimate of drug-likeness (QED) is 0.672. The molecular formula is C25H25F3N2O4. The van der Waals surface area contributed by atoms with Gasteiger partial charge in [0.15, 0.2) is 11.5 Å². The lowest BCUT2D eigenvalue weighted by atomic mass is 9.72. The fourth-order valence-corrected chi connectivity index (χ4v) is 4.79. The molecule has 0 spiro atoms. The van der Waals surface area contributed by atoms with Crippen LogP contribution in [-0.4, -0.2) is 40.8 Å². The molecule has 0 saturated carbocycles. The highest BCUT2D eigenvalue weighted by molar-refractivity contribution is 6.14. The van der Waals surface area contributed by atoms with Crippen molar-refractivity contribution < 1.29 is 32.0 Å². The first-order chi connectivity index (χ1) is 16.0. The van der Waals surface area contributed by atoms with E-state index in [9.17, 15) is 27.6 Å². The van der Waals surface area contributed by atoms with Crippen LogP contribution in [-0.2, 0) is 16.0 Å². The van der Waals surface area contributed by atoms with Gasteiger partial charge in [0, 0.05) is 18.7 Å². The van der Waals surface area contributed by atoms with Gasteiger partial charge in [0.1, 0.15) is 0 Å². The van der Waals surface area contributed by atoms with Gasteiger partial charge in [-0.3, -0.25) is 14.4 Å². The molecule has 1 aromatic carbocycles. The second-order valence-corrected chi connectivity index (χ2v) is 9.49. The standard InChI is InChI=1S/C25H25F3N2O4/c1-23(2)14-17-20(18(31)15-23)24(25(26,27)28,29-21(32)19-11-7-13-34-19)22(33)30(17)12-6-10-16-8-4-3-5-9-16/h3-5,7-9,11,13H,6,10,12,14-15H2,1-2H3,(H,29,32). The molecule has 1 unspecified atom stereocenters. The predicted molar refractivity (Wildman–Crippen MR) is 116 cm³/mol. The molecule has 0 radical (unpaired) electrons. The molecule has 0 saturated heterocycles. The fraction of sp³-hybridized carbons (Fsp3) is 0.400. The van der Waals surface area contributed by atoms with Crippen molar-refractivity contribution >= 4 is 17.6 Å². The van der Waals surface area contributed by atoms with Gasteiger partial charge in [-0.05, 0) is 42.4 Å². The summed E-state index contributed by atoms with van der Waals surface area (Å²) < 4.78 is 49.0. The van der Waals surface area contributed by atoms with Crippen molar-refractivity contribution in [3.8, 4) is 0 Å². The number of amides is 2. The SMILES string of the molecule is CC1(C)CC(=O)C2=C(C1)N(CCCc1ccccc1)C(=O)C2(NC(=O)c1ccco1)C(F)(F)F. The van der Waals surface area contributed by atoms with E-state index in [1.165, 1.54) is 12.1 Å². The first kappa shape index (κ1) is 23.8. The van der Waals surface area contributed by atoms with Gasteiger partial charge in [0.25, 0.3) is 11.8 Å². The predicted octanol–water partition coefficient (Wildman–Crippen LogP) is 4.43. The molecule has 180 valence electrons. The van der Waals surface area contributed by atoms with Crippen molar-refractivity contribution in [1.82, 2.24) is 10.2 Å². The second kappa shape index (κ2) is 8.45. The summed E-state index contributed by atoms with van der Waals surface area (Å²) >= 11 is 0. The highest BCUT2D eigenvalue weighted by atomic mass is 19.4. The summed E-state index contributed by atoms with van der Waals surface area (Å²) in [5, 5.41) is 1.85. The molecule has 6 nitrogen and oxygen atoms in total. The number of benzene rings is 1. The van der Waals surface area contributed by atoms with E-state index in [4.69, 9.17) is 4.42 Å². The number of hydrogen-bond donors (Lipinski definition) is 1. The molecule has 2 aromatic rings. The van der Waals surface area contributed by atoms with Crippen molar-refractivity contribution in [2.24, 2.45) is 5.41 Å². The van der Waals surface area contributed by atoms with Crippen LogP contribution >= 0.6 is 0 Å². The molecule has 2 amide bonds. The molecular weight excluding hydrogens is 449 g/mol. The Morgan fingerprint density at radius 1 is 1.09 bits per heavy atom. The smallest absolute Gasteiger partial charge is 0.425 e. The number of Topliss-reactive ketones (excluding diaryl/α,β-unsaturated/α-hetero) is 1. The van der Waals surface area contributed by atoms with Crippen LogP contribution in [0, 0.1) is 5.41 Å². The Balaban J connectivity index is 1.74. The van der Waals surface area contributed by atoms with Crippen LogP contribution in [0.4, 0.5) is 13.2 Å². The van der Waals surface area contributed by atoms with Crippen molar-refractivity contribution in [1.29, 1.82) is 0 Å². The third-order valence-corrected chi connectivity index (χ3v) is 6.28. The molecule has 2 aliphatic rings. The number of hydrogen-bond acceptors (Lipinski definition) is 4. The molecule has 34 heavy (non-hydrogen) atoms. The minimum absolute atomic E-state index is 0.00955. The molecule has 1 N–H and O–H groups in total. The molecule has 1 aliphatic carbocycles. The topological polar surface area (TPSA) is 79.6 Å². The van der Waals surface area contributed by atoms with Crippen molar-refractivity contribution in [2.45, 2.75) is 51.2 Å². The minimum atomic E-state index is -5.24. The monoisotopic (exact) mass is 474 g/mol. The number of carbonyl (C=O) groups excluding carboxylic acids is 3. The van der Waals surface area contributed by atoms with Gasteiger partial charge in [-0.1, -0.05) is 44.2 Å². The Bertz CT molecular complexity index is 1140. The first-order valence-electron chi connectivity index (χ1n) is 11.0. The van der Waals surface area contributed by atoms with E-state index >= 15 is 0 Å². The Morgan fingerprint density at radius 2 is 1.79 bits per heavy atom. The molecule has 9 heteroatoms. The van der Waals surface area contributed by atoms with Gasteiger partial charge < -0.3 is 14.6 Å². The molecule has 0 fully saturated rings. The summed E-state index contributed by atoms with van der Waals surface area (Å²) in [6.07, 6.45) is -3.21. The third-order valence-electron chi connectivity index (χ3n) is 6.28. The van der Waals surface area contributed by atoms with Gasteiger partial charge >= 0.3 is 6.18 Å². The first-order valence-corrected chi connectivity index (χ1v) is 11.0. The maximum Gasteiger partial charge on any atom is 0.425 e. The average Bonchev–Trinajstić information content (AvgIpc) is 3.35. The number of alkyl halides is 3. The van der Waals surface area contributed by atoms with Crippen molar-refractivity contribution in [3.05, 3.63) is 71.3 Å². The number of halogens is 3. The molecule has 1 aliphatic heterocycles. The lowest BCUT2D eigenvalue weighted by Gasteiger charge is -2.35. The van der Waals surface area contributed by atoms with Gasteiger partial charge in [-0.15, -0.1) is 0 Å². The summed E-state index contributed by atoms with van der Waals surface area (Å²) in [6.45, 7) is 3.54. The summed E-state index contributed by atoms with van der Waals surface area (Å²) in [5.41, 5.74) is -3.73. The van der Waals surface area contributed by atoms with Gasteiger partial charge in [0.2, 0.25) is 5.54 Å². The molecule has 1 atom stereocenters. The van der Waals surface area contributed by atoms with E-state index in [0.717, 1.165) is 16.7 Å². The Hall–Kier alpha value is -3.36. The number of ketones is 1. The number of nitrogens with zero attached hydrogens (tertiary/aromatic N) is 1. The summed E-state index contributed by atoms with van der Waals surface area (Å²) in [6, 6.07) is 11.9. The number of furan rings is 1. The van der Waals surface area contributed by atoms with Crippen molar-refractivity contribution in [3.63, 3.8) is 0 Å². The molecule has 0 bridgehead atoms. The molecule has 4 rings (SSSR count). The zero-order valence-electron chi connectivity index (χ0n) is 18.9. The number of carbonyl (C=O) groups is 3. The van der Waals surface area contributed by atoms with E-state index in [0.29, 0.717) is 12.8 Å². The van der Waals surface area contributed by atoms with Crippen LogP contribution in [0.1, 0.15) is 49.2 Å². The van der Waals surface area contributed by atoms with Crippen LogP contribution < -0.4 is 5.32 Å². The Kier molecular flexibility index (Phi) is 5.91. The van der Waals surface area contributed by atoms with Gasteiger partial charge in [-0.2, -0.15) is 13.2 Å². The van der Waals surface area contributed by atoms with E-state index in [1.54, 1.807) is 13.8 Å². The van der Waals surface area contributed by atoms with Crippen LogP contribution in [0.5, 0.6) is 0 Å². The largest absolute Gasteiger partial charge is 0.459 e. The maximum atomic E-state index is 14.7. The number of allylic oxidation sites excluding steroid dienone is 1. The number of rotatable bonds is 6.